The zero-order valence-electron chi connectivity index (χ0n) is 11.7. The van der Waals surface area contributed by atoms with E-state index in [-0.39, 0.29) is 4.90 Å². The van der Waals surface area contributed by atoms with Crippen LogP contribution in [0.25, 0.3) is 10.8 Å². The van der Waals surface area contributed by atoms with Gasteiger partial charge in [-0.25, -0.2) is 4.83 Å². The molecule has 0 spiro atoms. The van der Waals surface area contributed by atoms with E-state index in [0.29, 0.717) is 0 Å². The standard InChI is InChI=1S/C17H14N2O2S/c20-22(21,16-10-2-1-3-11-16)19-18-13-15-9-6-8-14-7-4-5-12-17(14)15/h1-13,19H/b18-13+. The second-order valence-electron chi connectivity index (χ2n) is 4.73. The highest BCUT2D eigenvalue weighted by atomic mass is 32.2. The Bertz CT molecular complexity index is 914. The monoisotopic (exact) mass is 310 g/mol. The zero-order valence-corrected chi connectivity index (χ0v) is 12.5. The average molecular weight is 310 g/mol. The molecule has 0 aliphatic rings. The molecule has 3 rings (SSSR count). The van der Waals surface area contributed by atoms with Gasteiger partial charge in [-0.2, -0.15) is 13.5 Å². The largest absolute Gasteiger partial charge is 0.276 e. The normalized spacial score (nSPS) is 11.8. The van der Waals surface area contributed by atoms with Crippen molar-refractivity contribution in [3.63, 3.8) is 0 Å². The molecule has 3 aromatic rings. The van der Waals surface area contributed by atoms with Crippen molar-refractivity contribution in [1.82, 2.24) is 4.83 Å². The maximum atomic E-state index is 12.1. The molecule has 0 amide bonds. The van der Waals surface area contributed by atoms with Crippen molar-refractivity contribution in [2.45, 2.75) is 4.90 Å². The summed E-state index contributed by atoms with van der Waals surface area (Å²) < 4.78 is 24.1. The lowest BCUT2D eigenvalue weighted by Crippen LogP contribution is -2.18. The first kappa shape index (κ1) is 14.3. The van der Waals surface area contributed by atoms with Gasteiger partial charge in [0.2, 0.25) is 0 Å². The van der Waals surface area contributed by atoms with Gasteiger partial charge in [-0.3, -0.25) is 0 Å². The quantitative estimate of drug-likeness (QED) is 0.594. The van der Waals surface area contributed by atoms with Gasteiger partial charge in [-0.1, -0.05) is 60.7 Å². The molecule has 0 aliphatic heterocycles. The van der Waals surface area contributed by atoms with E-state index in [1.807, 2.05) is 42.5 Å². The van der Waals surface area contributed by atoms with Gasteiger partial charge in [0.25, 0.3) is 10.0 Å². The van der Waals surface area contributed by atoms with Crippen molar-refractivity contribution in [2.75, 3.05) is 0 Å². The molecular formula is C17H14N2O2S. The van der Waals surface area contributed by atoms with Crippen LogP contribution in [0.4, 0.5) is 0 Å². The number of rotatable bonds is 4. The molecule has 0 aliphatic carbocycles. The predicted molar refractivity (Wildman–Crippen MR) is 88.3 cm³/mol. The topological polar surface area (TPSA) is 58.5 Å². The van der Waals surface area contributed by atoms with Crippen LogP contribution in [0, 0.1) is 0 Å². The molecular weight excluding hydrogens is 296 g/mol. The van der Waals surface area contributed by atoms with Crippen LogP contribution in [0.15, 0.2) is 82.8 Å². The Morgan fingerprint density at radius 3 is 2.32 bits per heavy atom. The molecule has 3 aromatic carbocycles. The Kier molecular flexibility index (Phi) is 3.89. The first-order valence-corrected chi connectivity index (χ1v) is 8.23. The van der Waals surface area contributed by atoms with E-state index in [4.69, 9.17) is 0 Å². The Morgan fingerprint density at radius 2 is 1.50 bits per heavy atom. The summed E-state index contributed by atoms with van der Waals surface area (Å²) >= 11 is 0. The molecule has 0 atom stereocenters. The third-order valence-corrected chi connectivity index (χ3v) is 4.49. The summed E-state index contributed by atoms with van der Waals surface area (Å²) in [5.41, 5.74) is 0.855. The molecule has 5 heteroatoms. The number of hydrazone groups is 1. The van der Waals surface area contributed by atoms with Crippen molar-refractivity contribution in [3.05, 3.63) is 78.4 Å². The van der Waals surface area contributed by atoms with Crippen LogP contribution in [-0.2, 0) is 10.0 Å². The van der Waals surface area contributed by atoms with E-state index in [0.717, 1.165) is 16.3 Å². The number of nitrogens with one attached hydrogen (secondary N) is 1. The highest BCUT2D eigenvalue weighted by Crippen LogP contribution is 2.16. The third-order valence-electron chi connectivity index (χ3n) is 3.25. The second kappa shape index (κ2) is 5.99. The number of fused-ring (bicyclic) bond motifs is 1. The van der Waals surface area contributed by atoms with Gasteiger partial charge in [-0.05, 0) is 22.9 Å². The van der Waals surface area contributed by atoms with Gasteiger partial charge >= 0.3 is 0 Å². The van der Waals surface area contributed by atoms with Crippen LogP contribution < -0.4 is 4.83 Å². The molecule has 110 valence electrons. The van der Waals surface area contributed by atoms with Crippen molar-refractivity contribution in [3.8, 4) is 0 Å². The zero-order chi connectivity index (χ0) is 15.4. The average Bonchev–Trinajstić information content (AvgIpc) is 2.56. The van der Waals surface area contributed by atoms with Gasteiger partial charge < -0.3 is 0 Å². The van der Waals surface area contributed by atoms with Crippen LogP contribution in [0.3, 0.4) is 0 Å². The summed E-state index contributed by atoms with van der Waals surface area (Å²) in [4.78, 5) is 2.42. The number of benzene rings is 3. The van der Waals surface area contributed by atoms with E-state index in [1.54, 1.807) is 18.2 Å². The highest BCUT2D eigenvalue weighted by Gasteiger charge is 2.11. The van der Waals surface area contributed by atoms with Gasteiger partial charge in [0.1, 0.15) is 0 Å². The molecule has 0 radical (unpaired) electrons. The molecule has 0 saturated heterocycles. The van der Waals surface area contributed by atoms with E-state index < -0.39 is 10.0 Å². The number of hydrogen-bond acceptors (Lipinski definition) is 3. The molecule has 0 fully saturated rings. The first-order valence-electron chi connectivity index (χ1n) is 6.74. The SMILES string of the molecule is O=S(=O)(N/N=C/c1cccc2ccccc12)c1ccccc1. The first-order chi connectivity index (χ1) is 10.7. The summed E-state index contributed by atoms with van der Waals surface area (Å²) in [6, 6.07) is 21.8. The highest BCUT2D eigenvalue weighted by molar-refractivity contribution is 7.89. The van der Waals surface area contributed by atoms with Crippen LogP contribution >= 0.6 is 0 Å². The summed E-state index contributed by atoms with van der Waals surface area (Å²) in [5, 5.41) is 5.98. The third kappa shape index (κ3) is 2.99. The second-order valence-corrected chi connectivity index (χ2v) is 6.40. The van der Waals surface area contributed by atoms with Crippen LogP contribution in [0.5, 0.6) is 0 Å². The van der Waals surface area contributed by atoms with Crippen molar-refractivity contribution >= 4 is 27.0 Å². The van der Waals surface area contributed by atoms with Crippen molar-refractivity contribution < 1.29 is 8.42 Å². The number of sulfonamides is 1. The van der Waals surface area contributed by atoms with Crippen LogP contribution in [0.2, 0.25) is 0 Å². The minimum absolute atomic E-state index is 0.185. The summed E-state index contributed by atoms with van der Waals surface area (Å²) in [7, 11) is -3.63. The Hall–Kier alpha value is -2.66. The summed E-state index contributed by atoms with van der Waals surface area (Å²) in [6.07, 6.45) is 1.52. The van der Waals surface area contributed by atoms with Crippen LogP contribution in [0.1, 0.15) is 5.56 Å². The lowest BCUT2D eigenvalue weighted by molar-refractivity contribution is 0.584. The van der Waals surface area contributed by atoms with Crippen LogP contribution in [-0.4, -0.2) is 14.6 Å². The van der Waals surface area contributed by atoms with Crippen molar-refractivity contribution in [1.29, 1.82) is 0 Å². The Balaban J connectivity index is 1.85. The van der Waals surface area contributed by atoms with Gasteiger partial charge in [0, 0.05) is 5.56 Å². The smallest absolute Gasteiger partial charge is 0.200 e. The molecule has 0 saturated carbocycles. The van der Waals surface area contributed by atoms with Gasteiger partial charge in [-0.15, -0.1) is 0 Å². The lowest BCUT2D eigenvalue weighted by Gasteiger charge is -2.03. The fourth-order valence-electron chi connectivity index (χ4n) is 2.18. The summed E-state index contributed by atoms with van der Waals surface area (Å²) in [5.74, 6) is 0. The van der Waals surface area contributed by atoms with Crippen molar-refractivity contribution in [2.24, 2.45) is 5.10 Å². The van der Waals surface area contributed by atoms with Gasteiger partial charge in [0.15, 0.2) is 0 Å². The van der Waals surface area contributed by atoms with Gasteiger partial charge in [0.05, 0.1) is 11.1 Å². The van der Waals surface area contributed by atoms with E-state index in [2.05, 4.69) is 9.93 Å². The molecule has 0 bridgehead atoms. The predicted octanol–water partition coefficient (Wildman–Crippen LogP) is 3.15. The molecule has 4 nitrogen and oxygen atoms in total. The minimum Gasteiger partial charge on any atom is -0.200 e. The van der Waals surface area contributed by atoms with E-state index in [9.17, 15) is 8.42 Å². The summed E-state index contributed by atoms with van der Waals surface area (Å²) in [6.45, 7) is 0. The molecule has 0 unspecified atom stereocenters. The molecule has 1 N–H and O–H groups in total. The Labute approximate surface area is 129 Å². The molecule has 0 aromatic heterocycles. The van der Waals surface area contributed by atoms with E-state index in [1.165, 1.54) is 18.3 Å². The maximum Gasteiger partial charge on any atom is 0.276 e. The van der Waals surface area contributed by atoms with E-state index >= 15 is 0 Å². The fourth-order valence-corrected chi connectivity index (χ4v) is 2.99. The fraction of sp³-hybridized carbons (Fsp3) is 0. The number of hydrogen-bond donors (Lipinski definition) is 1. The minimum atomic E-state index is -3.63. The maximum absolute atomic E-state index is 12.1. The lowest BCUT2D eigenvalue weighted by atomic mass is 10.1. The number of nitrogens with zero attached hydrogens (tertiary/aromatic N) is 1. The Morgan fingerprint density at radius 1 is 0.818 bits per heavy atom. The molecule has 22 heavy (non-hydrogen) atoms. The molecule has 0 heterocycles.